The number of aromatic amines is 1. The molecule has 1 aromatic carbocycles. The van der Waals surface area contributed by atoms with Crippen LogP contribution in [0, 0.1) is 0 Å². The summed E-state index contributed by atoms with van der Waals surface area (Å²) in [7, 11) is 0. The Kier molecular flexibility index (Phi) is 7.31. The number of aromatic nitrogens is 7. The highest BCUT2D eigenvalue weighted by atomic mass is 16.4. The third-order valence-corrected chi connectivity index (χ3v) is 7.10. The number of H-pyrrole nitrogens is 1. The monoisotopic (exact) mass is 528 g/mol. The Morgan fingerprint density at radius 3 is 2.64 bits per heavy atom. The largest absolute Gasteiger partial charge is 0.478 e. The van der Waals surface area contributed by atoms with Crippen molar-refractivity contribution in [1.82, 2.24) is 39.6 Å². The van der Waals surface area contributed by atoms with Crippen LogP contribution in [0.5, 0.6) is 0 Å². The summed E-state index contributed by atoms with van der Waals surface area (Å²) in [5.41, 5.74) is 1.85. The third-order valence-electron chi connectivity index (χ3n) is 7.10. The zero-order chi connectivity index (χ0) is 27.4. The lowest BCUT2D eigenvalue weighted by Gasteiger charge is -2.31. The zero-order valence-electron chi connectivity index (χ0n) is 22.0. The Hall–Kier alpha value is -4.67. The molecular formula is C28H32N8O3. The van der Waals surface area contributed by atoms with E-state index in [1.54, 1.807) is 16.8 Å². The van der Waals surface area contributed by atoms with E-state index in [0.29, 0.717) is 31.2 Å². The zero-order valence-corrected chi connectivity index (χ0v) is 22.0. The van der Waals surface area contributed by atoms with Gasteiger partial charge in [-0.05, 0) is 59.8 Å². The second-order valence-corrected chi connectivity index (χ2v) is 9.72. The van der Waals surface area contributed by atoms with E-state index in [1.807, 2.05) is 66.5 Å². The van der Waals surface area contributed by atoms with Crippen LogP contribution in [-0.2, 0) is 24.9 Å². The molecule has 4 heterocycles. The first-order chi connectivity index (χ1) is 19.0. The van der Waals surface area contributed by atoms with E-state index < -0.39 is 11.4 Å². The van der Waals surface area contributed by atoms with Gasteiger partial charge in [-0.2, -0.15) is 0 Å². The molecule has 4 aromatic rings. The molecule has 202 valence electrons. The summed E-state index contributed by atoms with van der Waals surface area (Å²) in [5, 5.41) is 27.2. The van der Waals surface area contributed by atoms with Crippen molar-refractivity contribution in [1.29, 1.82) is 0 Å². The predicted molar refractivity (Wildman–Crippen MR) is 147 cm³/mol. The number of tetrazole rings is 1. The van der Waals surface area contributed by atoms with Gasteiger partial charge >= 0.3 is 11.7 Å². The third kappa shape index (κ3) is 4.95. The number of carboxylic acids is 1. The van der Waals surface area contributed by atoms with Crippen LogP contribution in [0.3, 0.4) is 0 Å². The van der Waals surface area contributed by atoms with Gasteiger partial charge in [0.2, 0.25) is 0 Å². The van der Waals surface area contributed by atoms with E-state index in [1.165, 1.54) is 4.57 Å². The van der Waals surface area contributed by atoms with Gasteiger partial charge in [-0.3, -0.25) is 9.13 Å². The fraction of sp³-hybridized carbons (Fsp3) is 0.321. The molecule has 1 aliphatic rings. The minimum absolute atomic E-state index is 0.106. The molecule has 11 heteroatoms. The van der Waals surface area contributed by atoms with E-state index in [-0.39, 0.29) is 11.3 Å². The van der Waals surface area contributed by atoms with Gasteiger partial charge in [0.15, 0.2) is 5.82 Å². The average Bonchev–Trinajstić information content (AvgIpc) is 3.69. The minimum Gasteiger partial charge on any atom is -0.478 e. The number of unbranched alkanes of at least 4 members (excludes halogenated alkanes) is 1. The first kappa shape index (κ1) is 26.0. The molecule has 3 N–H and O–H groups in total. The molecular weight excluding hydrogens is 496 g/mol. The second kappa shape index (κ2) is 11.0. The second-order valence-electron chi connectivity index (χ2n) is 9.72. The molecule has 3 aromatic heterocycles. The summed E-state index contributed by atoms with van der Waals surface area (Å²) >= 11 is 0. The number of dihydropyridines is 1. The number of rotatable bonds is 11. The normalized spacial score (nSPS) is 14.0. The Morgan fingerprint density at radius 2 is 1.95 bits per heavy atom. The van der Waals surface area contributed by atoms with Crippen LogP contribution in [0.1, 0.15) is 54.7 Å². The summed E-state index contributed by atoms with van der Waals surface area (Å²) < 4.78 is 5.13. The number of hydrogen-bond acceptors (Lipinski definition) is 6. The van der Waals surface area contributed by atoms with Crippen molar-refractivity contribution in [2.75, 3.05) is 0 Å². The highest BCUT2D eigenvalue weighted by Crippen LogP contribution is 2.33. The first-order valence-electron chi connectivity index (χ1n) is 13.2. The van der Waals surface area contributed by atoms with Crippen molar-refractivity contribution < 1.29 is 9.90 Å². The molecule has 0 spiro atoms. The number of carboxylic acid groups (broad SMARTS) is 1. The average molecular weight is 529 g/mol. The fourth-order valence-electron chi connectivity index (χ4n) is 5.12. The molecule has 0 bridgehead atoms. The van der Waals surface area contributed by atoms with Crippen LogP contribution >= 0.6 is 0 Å². The van der Waals surface area contributed by atoms with Gasteiger partial charge in [-0.15, -0.1) is 5.10 Å². The minimum atomic E-state index is -1.06. The highest BCUT2D eigenvalue weighted by Gasteiger charge is 2.32. The molecule has 39 heavy (non-hydrogen) atoms. The SMILES string of the molecule is CCCCc1cn(-c2c(C(=O)O)ccn2CCC)c(=O)n1CC1(c2cccc(-c3nnn[nH]3)c2)C=CNC=C1. The van der Waals surface area contributed by atoms with Gasteiger partial charge in [0.1, 0.15) is 11.4 Å². The van der Waals surface area contributed by atoms with Crippen LogP contribution < -0.4 is 11.0 Å². The van der Waals surface area contributed by atoms with Gasteiger partial charge in [-0.1, -0.05) is 50.6 Å². The summed E-state index contributed by atoms with van der Waals surface area (Å²) in [6, 6.07) is 9.48. The van der Waals surface area contributed by atoms with E-state index in [2.05, 4.69) is 32.9 Å². The van der Waals surface area contributed by atoms with E-state index in [9.17, 15) is 14.7 Å². The lowest BCUT2D eigenvalue weighted by molar-refractivity contribution is 0.0697. The van der Waals surface area contributed by atoms with Crippen LogP contribution in [0.15, 0.2) is 72.1 Å². The smallest absolute Gasteiger partial charge is 0.339 e. The summed E-state index contributed by atoms with van der Waals surface area (Å²) in [4.78, 5) is 26.2. The topological polar surface area (TPSA) is 136 Å². The standard InChI is InChI=1S/C28H32N8O3/c1-3-5-9-22-18-35(25-23(26(37)38)10-16-34(25)15-4-2)27(39)36(22)19-28(11-13-29-14-12-28)21-8-6-7-20(17-21)24-30-32-33-31-24/h6-8,10-14,16-18,29H,3-5,9,15,19H2,1-2H3,(H,37,38)(H,30,31,32,33). The number of imidazole rings is 1. The molecule has 0 saturated heterocycles. The summed E-state index contributed by atoms with van der Waals surface area (Å²) in [6.07, 6.45) is 14.7. The van der Waals surface area contributed by atoms with Gasteiger partial charge in [0.25, 0.3) is 0 Å². The van der Waals surface area contributed by atoms with Crippen LogP contribution in [0.4, 0.5) is 0 Å². The van der Waals surface area contributed by atoms with Crippen LogP contribution in [0.2, 0.25) is 0 Å². The first-order valence-corrected chi connectivity index (χ1v) is 13.2. The maximum Gasteiger partial charge on any atom is 0.339 e. The molecule has 0 aliphatic carbocycles. The lowest BCUT2D eigenvalue weighted by Crippen LogP contribution is -2.36. The summed E-state index contributed by atoms with van der Waals surface area (Å²) in [6.45, 7) is 5.07. The van der Waals surface area contributed by atoms with Crippen molar-refractivity contribution in [2.24, 2.45) is 0 Å². The number of allylic oxidation sites excluding steroid dienone is 2. The number of carbonyl (C=O) groups is 1. The van der Waals surface area contributed by atoms with E-state index >= 15 is 0 Å². The highest BCUT2D eigenvalue weighted by molar-refractivity contribution is 5.91. The van der Waals surface area contributed by atoms with Crippen molar-refractivity contribution in [3.63, 3.8) is 0 Å². The van der Waals surface area contributed by atoms with Crippen molar-refractivity contribution in [3.8, 4) is 17.2 Å². The molecule has 5 rings (SSSR count). The van der Waals surface area contributed by atoms with Gasteiger partial charge in [0.05, 0.1) is 5.41 Å². The molecule has 0 amide bonds. The van der Waals surface area contributed by atoms with Crippen molar-refractivity contribution in [3.05, 3.63) is 94.6 Å². The quantitative estimate of drug-likeness (QED) is 0.270. The van der Waals surface area contributed by atoms with Crippen molar-refractivity contribution in [2.45, 2.75) is 58.0 Å². The van der Waals surface area contributed by atoms with E-state index in [0.717, 1.165) is 36.1 Å². The number of aryl methyl sites for hydroxylation is 2. The van der Waals surface area contributed by atoms with Gasteiger partial charge < -0.3 is 15.0 Å². The molecule has 0 fully saturated rings. The van der Waals surface area contributed by atoms with Crippen molar-refractivity contribution >= 4 is 5.97 Å². The molecule has 1 aliphatic heterocycles. The number of nitrogens with one attached hydrogen (secondary N) is 2. The van der Waals surface area contributed by atoms with Crippen LogP contribution in [0.25, 0.3) is 17.2 Å². The Labute approximate surface area is 225 Å². The fourth-order valence-corrected chi connectivity index (χ4v) is 5.12. The van der Waals surface area contributed by atoms with Gasteiger partial charge in [0, 0.05) is 36.7 Å². The Balaban J connectivity index is 1.65. The van der Waals surface area contributed by atoms with Crippen LogP contribution in [-0.4, -0.2) is 45.4 Å². The lowest BCUT2D eigenvalue weighted by atomic mass is 9.78. The number of aromatic carboxylic acids is 1. The number of nitrogens with zero attached hydrogens (tertiary/aromatic N) is 6. The predicted octanol–water partition coefficient (Wildman–Crippen LogP) is 3.64. The maximum absolute atomic E-state index is 14.1. The Morgan fingerprint density at radius 1 is 1.13 bits per heavy atom. The number of benzene rings is 1. The molecule has 11 nitrogen and oxygen atoms in total. The van der Waals surface area contributed by atoms with E-state index in [4.69, 9.17) is 0 Å². The summed E-state index contributed by atoms with van der Waals surface area (Å²) in [5.74, 6) is -0.121. The number of hydrogen-bond donors (Lipinski definition) is 3. The maximum atomic E-state index is 14.1. The molecule has 0 saturated carbocycles. The molecule has 0 radical (unpaired) electrons. The Bertz CT molecular complexity index is 1560. The van der Waals surface area contributed by atoms with Gasteiger partial charge in [-0.25, -0.2) is 14.7 Å². The molecule has 0 unspecified atom stereocenters. The molecule has 0 atom stereocenters.